The van der Waals surface area contributed by atoms with E-state index in [9.17, 15) is 9.90 Å². The minimum absolute atomic E-state index is 0.185. The number of aromatic nitrogens is 3. The molecule has 0 aliphatic heterocycles. The van der Waals surface area contributed by atoms with Crippen molar-refractivity contribution < 1.29 is 9.90 Å². The number of aryl methyl sites for hydroxylation is 1. The molecule has 0 bridgehead atoms. The minimum atomic E-state index is -0.993. The first-order valence-electron chi connectivity index (χ1n) is 6.33. The van der Waals surface area contributed by atoms with E-state index in [1.807, 2.05) is 30.5 Å². The second-order valence-electron chi connectivity index (χ2n) is 4.61. The van der Waals surface area contributed by atoms with Gasteiger partial charge in [-0.3, -0.25) is 0 Å². The van der Waals surface area contributed by atoms with Crippen molar-refractivity contribution >= 4 is 28.9 Å². The summed E-state index contributed by atoms with van der Waals surface area (Å²) >= 11 is 1.65. The second kappa shape index (κ2) is 5.21. The molecule has 0 fully saturated rings. The van der Waals surface area contributed by atoms with Crippen LogP contribution >= 0.6 is 11.8 Å². The molecule has 2 heterocycles. The van der Waals surface area contributed by atoms with Gasteiger partial charge in [0.1, 0.15) is 5.82 Å². The van der Waals surface area contributed by atoms with Crippen molar-refractivity contribution in [3.05, 3.63) is 41.7 Å². The number of carboxylic acids is 1. The number of hydrogen-bond donors (Lipinski definition) is 2. The lowest BCUT2D eigenvalue weighted by molar-refractivity contribution is 0.0699. The van der Waals surface area contributed by atoms with E-state index in [0.29, 0.717) is 22.7 Å². The molecule has 0 spiro atoms. The number of fused-ring (bicyclic) bond motifs is 1. The summed E-state index contributed by atoms with van der Waals surface area (Å²) in [6, 6.07) is 9.43. The third-order valence-electron chi connectivity index (χ3n) is 3.20. The number of benzene rings is 1. The van der Waals surface area contributed by atoms with Crippen molar-refractivity contribution in [1.29, 1.82) is 0 Å². The number of aromatic amines is 1. The fourth-order valence-corrected chi connectivity index (χ4v) is 2.59. The Morgan fingerprint density at radius 2 is 1.95 bits per heavy atom. The van der Waals surface area contributed by atoms with Gasteiger partial charge in [0.05, 0.1) is 16.8 Å². The number of H-pyrrole nitrogens is 1. The van der Waals surface area contributed by atoms with Crippen LogP contribution in [0.15, 0.2) is 35.2 Å². The van der Waals surface area contributed by atoms with E-state index in [1.165, 1.54) is 0 Å². The summed E-state index contributed by atoms with van der Waals surface area (Å²) in [6.07, 6.45) is 2.01. The van der Waals surface area contributed by atoms with Gasteiger partial charge in [-0.15, -0.1) is 11.8 Å². The molecular formula is C15H13N3O2S. The highest BCUT2D eigenvalue weighted by atomic mass is 32.2. The number of nitrogens with zero attached hydrogens (tertiary/aromatic N) is 2. The first-order valence-corrected chi connectivity index (χ1v) is 7.56. The van der Waals surface area contributed by atoms with Crippen LogP contribution in [-0.4, -0.2) is 32.3 Å². The molecule has 2 N–H and O–H groups in total. The Balaban J connectivity index is 2.19. The van der Waals surface area contributed by atoms with Crippen molar-refractivity contribution in [2.24, 2.45) is 0 Å². The first-order chi connectivity index (χ1) is 10.1. The summed E-state index contributed by atoms with van der Waals surface area (Å²) < 4.78 is 0. The molecule has 1 aromatic carbocycles. The van der Waals surface area contributed by atoms with Crippen LogP contribution in [-0.2, 0) is 0 Å². The van der Waals surface area contributed by atoms with E-state index in [2.05, 4.69) is 15.0 Å². The lowest BCUT2D eigenvalue weighted by atomic mass is 10.1. The summed E-state index contributed by atoms with van der Waals surface area (Å²) in [5.41, 5.74) is 2.56. The molecule has 21 heavy (non-hydrogen) atoms. The van der Waals surface area contributed by atoms with Gasteiger partial charge in [0, 0.05) is 10.5 Å². The Labute approximate surface area is 125 Å². The minimum Gasteiger partial charge on any atom is -0.478 e. The first kappa shape index (κ1) is 13.6. The molecule has 0 amide bonds. The molecule has 3 aromatic rings. The van der Waals surface area contributed by atoms with E-state index in [0.717, 1.165) is 10.5 Å². The quantitative estimate of drug-likeness (QED) is 0.725. The summed E-state index contributed by atoms with van der Waals surface area (Å²) in [5.74, 6) is -0.345. The van der Waals surface area contributed by atoms with Gasteiger partial charge < -0.3 is 10.1 Å². The molecular weight excluding hydrogens is 286 g/mol. The van der Waals surface area contributed by atoms with Crippen LogP contribution in [0.3, 0.4) is 0 Å². The molecule has 5 nitrogen and oxygen atoms in total. The maximum Gasteiger partial charge on any atom is 0.338 e. The topological polar surface area (TPSA) is 78.9 Å². The monoisotopic (exact) mass is 299 g/mol. The van der Waals surface area contributed by atoms with Gasteiger partial charge in [-0.1, -0.05) is 12.1 Å². The van der Waals surface area contributed by atoms with Crippen molar-refractivity contribution in [3.8, 4) is 11.3 Å². The number of thioether (sulfide) groups is 1. The molecule has 2 aromatic heterocycles. The van der Waals surface area contributed by atoms with E-state index in [4.69, 9.17) is 0 Å². The number of carbonyl (C=O) groups is 1. The summed E-state index contributed by atoms with van der Waals surface area (Å²) in [6.45, 7) is 1.78. The van der Waals surface area contributed by atoms with Gasteiger partial charge in [0.15, 0.2) is 5.65 Å². The van der Waals surface area contributed by atoms with E-state index in [1.54, 1.807) is 24.8 Å². The third-order valence-corrected chi connectivity index (χ3v) is 3.94. The zero-order chi connectivity index (χ0) is 15.0. The Kier molecular flexibility index (Phi) is 3.39. The van der Waals surface area contributed by atoms with E-state index < -0.39 is 5.97 Å². The SMILES string of the molecule is CSc1ccc(-c2cc(C(=O)O)c3[nH]c(C)nc3n2)cc1. The summed E-state index contributed by atoms with van der Waals surface area (Å²) in [7, 11) is 0. The maximum absolute atomic E-state index is 11.4. The predicted octanol–water partition coefficient (Wildman–Crippen LogP) is 3.35. The molecule has 0 aliphatic carbocycles. The average molecular weight is 299 g/mol. The maximum atomic E-state index is 11.4. The standard InChI is InChI=1S/C15H13N3O2S/c1-8-16-13-11(15(19)20)7-12(18-14(13)17-8)9-3-5-10(21-2)6-4-9/h3-7H,1-2H3,(H,19,20)(H,16,17,18). The Morgan fingerprint density at radius 3 is 2.57 bits per heavy atom. The number of pyridine rings is 1. The highest BCUT2D eigenvalue weighted by Gasteiger charge is 2.15. The molecule has 0 radical (unpaired) electrons. The molecule has 3 rings (SSSR count). The Hall–Kier alpha value is -2.34. The molecule has 0 saturated carbocycles. The Bertz CT molecular complexity index is 825. The van der Waals surface area contributed by atoms with Gasteiger partial charge in [-0.2, -0.15) is 0 Å². The number of rotatable bonds is 3. The molecule has 6 heteroatoms. The van der Waals surface area contributed by atoms with Crippen molar-refractivity contribution in [1.82, 2.24) is 15.0 Å². The van der Waals surface area contributed by atoms with Crippen LogP contribution in [0.4, 0.5) is 0 Å². The number of nitrogens with one attached hydrogen (secondary N) is 1. The van der Waals surface area contributed by atoms with Crippen molar-refractivity contribution in [2.45, 2.75) is 11.8 Å². The number of carboxylic acid groups (broad SMARTS) is 1. The average Bonchev–Trinajstić information content (AvgIpc) is 2.86. The van der Waals surface area contributed by atoms with Crippen LogP contribution in [0.1, 0.15) is 16.2 Å². The lowest BCUT2D eigenvalue weighted by Gasteiger charge is -2.04. The van der Waals surface area contributed by atoms with Crippen LogP contribution in [0.2, 0.25) is 0 Å². The molecule has 0 aliphatic rings. The number of aromatic carboxylic acids is 1. The normalized spacial score (nSPS) is 11.0. The fraction of sp³-hybridized carbons (Fsp3) is 0.133. The zero-order valence-electron chi connectivity index (χ0n) is 11.5. The van der Waals surface area contributed by atoms with Crippen molar-refractivity contribution in [3.63, 3.8) is 0 Å². The second-order valence-corrected chi connectivity index (χ2v) is 5.49. The largest absolute Gasteiger partial charge is 0.478 e. The third kappa shape index (κ3) is 2.50. The predicted molar refractivity (Wildman–Crippen MR) is 82.8 cm³/mol. The Morgan fingerprint density at radius 1 is 1.24 bits per heavy atom. The van der Waals surface area contributed by atoms with Crippen LogP contribution in [0.5, 0.6) is 0 Å². The van der Waals surface area contributed by atoms with Crippen LogP contribution < -0.4 is 0 Å². The van der Waals surface area contributed by atoms with Crippen LogP contribution in [0.25, 0.3) is 22.4 Å². The van der Waals surface area contributed by atoms with Gasteiger partial charge in [-0.25, -0.2) is 14.8 Å². The van der Waals surface area contributed by atoms with Gasteiger partial charge in [0.25, 0.3) is 0 Å². The van der Waals surface area contributed by atoms with Crippen molar-refractivity contribution in [2.75, 3.05) is 6.26 Å². The highest BCUT2D eigenvalue weighted by molar-refractivity contribution is 7.98. The molecule has 106 valence electrons. The molecule has 0 unspecified atom stereocenters. The highest BCUT2D eigenvalue weighted by Crippen LogP contribution is 2.25. The summed E-state index contributed by atoms with van der Waals surface area (Å²) in [5, 5.41) is 9.37. The van der Waals surface area contributed by atoms with E-state index >= 15 is 0 Å². The molecule has 0 saturated heterocycles. The summed E-state index contributed by atoms with van der Waals surface area (Å²) in [4.78, 5) is 24.2. The smallest absolute Gasteiger partial charge is 0.338 e. The van der Waals surface area contributed by atoms with Crippen LogP contribution in [0, 0.1) is 6.92 Å². The van der Waals surface area contributed by atoms with Gasteiger partial charge in [0.2, 0.25) is 0 Å². The lowest BCUT2D eigenvalue weighted by Crippen LogP contribution is -2.00. The zero-order valence-corrected chi connectivity index (χ0v) is 12.4. The van der Waals surface area contributed by atoms with Gasteiger partial charge in [-0.05, 0) is 31.4 Å². The van der Waals surface area contributed by atoms with E-state index in [-0.39, 0.29) is 5.56 Å². The molecule has 0 atom stereocenters. The van der Waals surface area contributed by atoms with Gasteiger partial charge >= 0.3 is 5.97 Å². The number of hydrogen-bond acceptors (Lipinski definition) is 4. The number of imidazole rings is 1. The fourth-order valence-electron chi connectivity index (χ4n) is 2.18.